The predicted molar refractivity (Wildman–Crippen MR) is 118 cm³/mol. The molecule has 0 radical (unpaired) electrons. The summed E-state index contributed by atoms with van der Waals surface area (Å²) in [5, 5.41) is 12.4. The standard InChI is InChI=1S/C23H28N2O3S/c1-5-25(22(28)24-18-9-6-15(2)7-10-18)19-12-16-8-11-20(14-17(16)13-19)29-23(3,4)21(26)27/h6-11,14,19H,5,12-13H2,1-4H3,(H,24,28)(H,26,27)/t19-/m1/s1. The molecule has 0 fully saturated rings. The Morgan fingerprint density at radius 1 is 1.14 bits per heavy atom. The molecule has 1 aliphatic carbocycles. The molecule has 5 nitrogen and oxygen atoms in total. The molecule has 0 saturated carbocycles. The van der Waals surface area contributed by atoms with Crippen LogP contribution in [0.15, 0.2) is 47.4 Å². The Hall–Kier alpha value is -2.47. The quantitative estimate of drug-likeness (QED) is 0.657. The number of carboxylic acids is 1. The van der Waals surface area contributed by atoms with Crippen LogP contribution in [0, 0.1) is 6.92 Å². The second kappa shape index (κ2) is 8.49. The zero-order valence-electron chi connectivity index (χ0n) is 17.4. The van der Waals surface area contributed by atoms with Crippen LogP contribution >= 0.6 is 11.8 Å². The lowest BCUT2D eigenvalue weighted by Crippen LogP contribution is -2.43. The van der Waals surface area contributed by atoms with E-state index >= 15 is 0 Å². The van der Waals surface area contributed by atoms with E-state index in [-0.39, 0.29) is 12.1 Å². The number of amides is 2. The van der Waals surface area contributed by atoms with Crippen LogP contribution in [0.2, 0.25) is 0 Å². The molecule has 0 bridgehead atoms. The summed E-state index contributed by atoms with van der Waals surface area (Å²) in [6.45, 7) is 8.07. The van der Waals surface area contributed by atoms with Gasteiger partial charge in [-0.2, -0.15) is 0 Å². The summed E-state index contributed by atoms with van der Waals surface area (Å²) in [6.07, 6.45) is 1.60. The number of carboxylic acid groups (broad SMARTS) is 1. The van der Waals surface area contributed by atoms with Gasteiger partial charge < -0.3 is 15.3 Å². The number of aryl methyl sites for hydroxylation is 1. The fourth-order valence-electron chi connectivity index (χ4n) is 3.59. The topological polar surface area (TPSA) is 69.6 Å². The number of thioether (sulfide) groups is 1. The fourth-order valence-corrected chi connectivity index (χ4v) is 4.61. The largest absolute Gasteiger partial charge is 0.480 e. The Bertz CT molecular complexity index is 909. The van der Waals surface area contributed by atoms with Crippen molar-refractivity contribution in [2.24, 2.45) is 0 Å². The van der Waals surface area contributed by atoms with Crippen molar-refractivity contribution in [3.63, 3.8) is 0 Å². The van der Waals surface area contributed by atoms with Gasteiger partial charge in [-0.3, -0.25) is 4.79 Å². The maximum atomic E-state index is 12.8. The number of carbonyl (C=O) groups is 2. The van der Waals surface area contributed by atoms with Gasteiger partial charge in [0, 0.05) is 23.2 Å². The molecule has 3 rings (SSSR count). The molecule has 0 aromatic heterocycles. The molecule has 2 amide bonds. The number of anilines is 1. The summed E-state index contributed by atoms with van der Waals surface area (Å²) in [5.41, 5.74) is 4.38. The van der Waals surface area contributed by atoms with E-state index in [0.717, 1.165) is 29.0 Å². The predicted octanol–water partition coefficient (Wildman–Crippen LogP) is 4.97. The van der Waals surface area contributed by atoms with E-state index in [1.165, 1.54) is 22.9 Å². The number of fused-ring (bicyclic) bond motifs is 1. The van der Waals surface area contributed by atoms with Crippen molar-refractivity contribution in [3.8, 4) is 0 Å². The first kappa shape index (κ1) is 21.2. The van der Waals surface area contributed by atoms with E-state index in [1.54, 1.807) is 13.8 Å². The Morgan fingerprint density at radius 2 is 1.79 bits per heavy atom. The summed E-state index contributed by atoms with van der Waals surface area (Å²) in [5.74, 6) is -0.828. The molecule has 0 aliphatic heterocycles. The minimum absolute atomic E-state index is 0.0873. The lowest BCUT2D eigenvalue weighted by atomic mass is 10.1. The number of aliphatic carboxylic acids is 1. The molecular weight excluding hydrogens is 384 g/mol. The molecule has 2 N–H and O–H groups in total. The number of carbonyl (C=O) groups excluding carboxylic acids is 1. The van der Waals surface area contributed by atoms with E-state index in [9.17, 15) is 14.7 Å². The first-order chi connectivity index (χ1) is 13.7. The maximum Gasteiger partial charge on any atom is 0.322 e. The Morgan fingerprint density at radius 3 is 2.41 bits per heavy atom. The molecule has 2 aromatic rings. The van der Waals surface area contributed by atoms with Gasteiger partial charge in [-0.1, -0.05) is 23.8 Å². The summed E-state index contributed by atoms with van der Waals surface area (Å²) >= 11 is 1.35. The average molecular weight is 413 g/mol. The number of urea groups is 1. The molecule has 0 heterocycles. The number of likely N-dealkylation sites (N-methyl/N-ethyl adjacent to an activating group) is 1. The van der Waals surface area contributed by atoms with E-state index < -0.39 is 10.7 Å². The summed E-state index contributed by atoms with van der Waals surface area (Å²) in [7, 11) is 0. The van der Waals surface area contributed by atoms with Crippen LogP contribution < -0.4 is 5.32 Å². The van der Waals surface area contributed by atoms with Gasteiger partial charge in [0.2, 0.25) is 0 Å². The monoisotopic (exact) mass is 412 g/mol. The normalized spacial score (nSPS) is 15.7. The molecular formula is C23H28N2O3S. The van der Waals surface area contributed by atoms with Crippen molar-refractivity contribution in [1.29, 1.82) is 0 Å². The van der Waals surface area contributed by atoms with Crippen molar-refractivity contribution in [2.45, 2.75) is 56.2 Å². The van der Waals surface area contributed by atoms with Crippen LogP contribution in [0.4, 0.5) is 10.5 Å². The molecule has 0 saturated heterocycles. The molecule has 29 heavy (non-hydrogen) atoms. The van der Waals surface area contributed by atoms with E-state index in [0.29, 0.717) is 6.54 Å². The van der Waals surface area contributed by atoms with Crippen molar-refractivity contribution in [2.75, 3.05) is 11.9 Å². The maximum absolute atomic E-state index is 12.8. The highest BCUT2D eigenvalue weighted by atomic mass is 32.2. The second-order valence-corrected chi connectivity index (χ2v) is 9.69. The summed E-state index contributed by atoms with van der Waals surface area (Å²) < 4.78 is -0.879. The number of nitrogens with one attached hydrogen (secondary N) is 1. The van der Waals surface area contributed by atoms with Crippen molar-refractivity contribution < 1.29 is 14.7 Å². The Balaban J connectivity index is 1.69. The fraction of sp³-hybridized carbons (Fsp3) is 0.391. The van der Waals surface area contributed by atoms with E-state index in [4.69, 9.17) is 0 Å². The lowest BCUT2D eigenvalue weighted by molar-refractivity contribution is -0.138. The second-order valence-electron chi connectivity index (χ2n) is 7.99. The van der Waals surface area contributed by atoms with Gasteiger partial charge in [-0.25, -0.2) is 4.79 Å². The highest BCUT2D eigenvalue weighted by Crippen LogP contribution is 2.36. The molecule has 154 valence electrons. The zero-order chi connectivity index (χ0) is 21.2. The third-order valence-corrected chi connectivity index (χ3v) is 6.50. The number of hydrogen-bond donors (Lipinski definition) is 2. The van der Waals surface area contributed by atoms with Gasteiger partial charge in [0.05, 0.1) is 0 Å². The van der Waals surface area contributed by atoms with Crippen LogP contribution in [-0.2, 0) is 17.6 Å². The first-order valence-electron chi connectivity index (χ1n) is 9.88. The smallest absolute Gasteiger partial charge is 0.322 e. The van der Waals surface area contributed by atoms with E-state index in [1.807, 2.05) is 49.1 Å². The molecule has 0 spiro atoms. The average Bonchev–Trinajstić information content (AvgIpc) is 3.06. The summed E-state index contributed by atoms with van der Waals surface area (Å²) in [4.78, 5) is 27.1. The highest BCUT2D eigenvalue weighted by Gasteiger charge is 2.31. The van der Waals surface area contributed by atoms with Gasteiger partial charge in [0.25, 0.3) is 0 Å². The van der Waals surface area contributed by atoms with Crippen molar-refractivity contribution in [3.05, 3.63) is 59.2 Å². The van der Waals surface area contributed by atoms with E-state index in [2.05, 4.69) is 17.4 Å². The van der Waals surface area contributed by atoms with Gasteiger partial charge >= 0.3 is 12.0 Å². The minimum atomic E-state index is -0.879. The van der Waals surface area contributed by atoms with Crippen LogP contribution in [-0.4, -0.2) is 39.3 Å². The Kier molecular flexibility index (Phi) is 6.22. The van der Waals surface area contributed by atoms with Crippen molar-refractivity contribution >= 4 is 29.4 Å². The van der Waals surface area contributed by atoms with Gasteiger partial charge in [0.15, 0.2) is 0 Å². The molecule has 1 aliphatic rings. The van der Waals surface area contributed by atoms with Crippen molar-refractivity contribution in [1.82, 2.24) is 4.90 Å². The van der Waals surface area contributed by atoms with Crippen LogP contribution in [0.1, 0.15) is 37.5 Å². The third-order valence-electron chi connectivity index (χ3n) is 5.32. The van der Waals surface area contributed by atoms with Crippen LogP contribution in [0.3, 0.4) is 0 Å². The Labute approximate surface area is 176 Å². The van der Waals surface area contributed by atoms with Gasteiger partial charge in [-0.15, -0.1) is 11.8 Å². The van der Waals surface area contributed by atoms with Gasteiger partial charge in [-0.05, 0) is 75.9 Å². The number of rotatable bonds is 6. The molecule has 0 unspecified atom stereocenters. The third kappa shape index (κ3) is 4.93. The van der Waals surface area contributed by atoms with Crippen LogP contribution in [0.5, 0.6) is 0 Å². The number of benzene rings is 2. The molecule has 1 atom stereocenters. The van der Waals surface area contributed by atoms with Crippen LogP contribution in [0.25, 0.3) is 0 Å². The number of hydrogen-bond acceptors (Lipinski definition) is 3. The highest BCUT2D eigenvalue weighted by molar-refractivity contribution is 8.01. The molecule has 6 heteroatoms. The summed E-state index contributed by atoms with van der Waals surface area (Å²) in [6, 6.07) is 13.9. The lowest BCUT2D eigenvalue weighted by Gasteiger charge is -2.28. The zero-order valence-corrected chi connectivity index (χ0v) is 18.2. The number of nitrogens with zero attached hydrogens (tertiary/aromatic N) is 1. The van der Waals surface area contributed by atoms with Gasteiger partial charge in [0.1, 0.15) is 4.75 Å². The minimum Gasteiger partial charge on any atom is -0.480 e. The molecule has 2 aromatic carbocycles. The SMILES string of the molecule is CCN(C(=O)Nc1ccc(C)cc1)[C@@H]1Cc2ccc(SC(C)(C)C(=O)O)cc2C1. The first-order valence-corrected chi connectivity index (χ1v) is 10.7.